The molecule has 11 nitrogen and oxygen atoms in total. The number of carboxylic acid groups (broad SMARTS) is 3. The second-order valence-electron chi connectivity index (χ2n) is 6.39. The summed E-state index contributed by atoms with van der Waals surface area (Å²) in [7, 11) is 1.10. The Balaban J connectivity index is 1.94. The zero-order valence-corrected chi connectivity index (χ0v) is 16.2. The first-order chi connectivity index (χ1) is 14.2. The number of hydrogen-bond acceptors (Lipinski definition) is 7. The molecule has 1 saturated heterocycles. The lowest BCUT2D eigenvalue weighted by atomic mass is 9.94. The van der Waals surface area contributed by atoms with Gasteiger partial charge >= 0.3 is 17.9 Å². The molecular formula is C18H16N2O9S. The van der Waals surface area contributed by atoms with Gasteiger partial charge < -0.3 is 25.4 Å². The fourth-order valence-corrected chi connectivity index (χ4v) is 4.78. The Morgan fingerprint density at radius 1 is 1.17 bits per heavy atom. The van der Waals surface area contributed by atoms with Crippen LogP contribution in [0.25, 0.3) is 0 Å². The van der Waals surface area contributed by atoms with Gasteiger partial charge in [0.25, 0.3) is 11.6 Å². The number of nitrogens with one attached hydrogen (secondary N) is 1. The molecule has 0 bridgehead atoms. The Bertz CT molecular complexity index is 977. The lowest BCUT2D eigenvalue weighted by Crippen LogP contribution is -2.81. The zero-order chi connectivity index (χ0) is 22.2. The maximum atomic E-state index is 12.8. The fraction of sp³-hybridized carbons (Fsp3) is 0.278. The van der Waals surface area contributed by atoms with E-state index >= 15 is 0 Å². The van der Waals surface area contributed by atoms with Crippen molar-refractivity contribution >= 4 is 41.5 Å². The normalized spacial score (nSPS) is 23.8. The molecule has 3 atom stereocenters. The summed E-state index contributed by atoms with van der Waals surface area (Å²) in [5.41, 5.74) is -3.04. The van der Waals surface area contributed by atoms with E-state index < -0.39 is 58.0 Å². The summed E-state index contributed by atoms with van der Waals surface area (Å²) in [6, 6.07) is 7.62. The molecule has 2 aliphatic rings. The third-order valence-corrected chi connectivity index (χ3v) is 6.08. The number of carbonyl (C=O) groups excluding carboxylic acids is 2. The van der Waals surface area contributed by atoms with E-state index in [1.54, 1.807) is 18.2 Å². The van der Waals surface area contributed by atoms with E-state index in [0.29, 0.717) is 0 Å². The van der Waals surface area contributed by atoms with Gasteiger partial charge in [0.05, 0.1) is 5.57 Å². The quantitative estimate of drug-likeness (QED) is 0.252. The highest BCUT2D eigenvalue weighted by Crippen LogP contribution is 2.46. The summed E-state index contributed by atoms with van der Waals surface area (Å²) in [4.78, 5) is 61.0. The van der Waals surface area contributed by atoms with Crippen molar-refractivity contribution in [2.75, 3.05) is 12.9 Å². The van der Waals surface area contributed by atoms with Crippen LogP contribution in [0.15, 0.2) is 41.6 Å². The first kappa shape index (κ1) is 21.3. The van der Waals surface area contributed by atoms with Crippen LogP contribution in [0.3, 0.4) is 0 Å². The number of thioether (sulfide) groups is 1. The van der Waals surface area contributed by atoms with Crippen molar-refractivity contribution in [1.29, 1.82) is 0 Å². The summed E-state index contributed by atoms with van der Waals surface area (Å²) in [5, 5.41) is 29.4. The third kappa shape index (κ3) is 3.19. The number of nitrogens with zero attached hydrogens (tertiary/aromatic N) is 1. The van der Waals surface area contributed by atoms with E-state index in [1.165, 1.54) is 12.1 Å². The number of ether oxygens (including phenoxy) is 1. The monoisotopic (exact) mass is 436 g/mol. The van der Waals surface area contributed by atoms with Gasteiger partial charge in [-0.1, -0.05) is 30.3 Å². The highest BCUT2D eigenvalue weighted by molar-refractivity contribution is 8.00. The number of hydrogen-bond donors (Lipinski definition) is 4. The Hall–Kier alpha value is -3.38. The molecule has 0 radical (unpaired) electrons. The molecule has 4 N–H and O–H groups in total. The molecular weight excluding hydrogens is 420 g/mol. The van der Waals surface area contributed by atoms with Gasteiger partial charge in [-0.3, -0.25) is 19.3 Å². The topological polar surface area (TPSA) is 171 Å². The molecule has 158 valence electrons. The number of β-lactam (4-membered cyclic amide) rings is 1. The van der Waals surface area contributed by atoms with E-state index in [9.17, 15) is 39.3 Å². The van der Waals surface area contributed by atoms with Crippen LogP contribution in [0.1, 0.15) is 11.5 Å². The zero-order valence-electron chi connectivity index (χ0n) is 15.4. The van der Waals surface area contributed by atoms with Crippen LogP contribution in [0.2, 0.25) is 0 Å². The summed E-state index contributed by atoms with van der Waals surface area (Å²) in [6.45, 7) is 0. The van der Waals surface area contributed by atoms with Crippen molar-refractivity contribution in [2.24, 2.45) is 0 Å². The van der Waals surface area contributed by atoms with Crippen molar-refractivity contribution in [3.8, 4) is 0 Å². The molecule has 30 heavy (non-hydrogen) atoms. The molecule has 2 unspecified atom stereocenters. The molecule has 1 aromatic carbocycles. The number of carbonyl (C=O) groups is 5. The Morgan fingerprint density at radius 2 is 1.80 bits per heavy atom. The van der Waals surface area contributed by atoms with E-state index in [-0.39, 0.29) is 11.3 Å². The largest absolute Gasteiger partial charge is 0.480 e. The van der Waals surface area contributed by atoms with E-state index in [2.05, 4.69) is 5.32 Å². The predicted octanol–water partition coefficient (Wildman–Crippen LogP) is -0.348. The SMILES string of the molecule is COC1(NC(=O)C(C(=O)O)c2ccccc2)C(=O)N2C(C(=O)O)=C(C(=O)O)CS[C@@H]21. The Kier molecular flexibility index (Phi) is 5.55. The van der Waals surface area contributed by atoms with E-state index in [0.717, 1.165) is 23.8 Å². The molecule has 2 heterocycles. The fourth-order valence-electron chi connectivity index (χ4n) is 3.35. The highest BCUT2D eigenvalue weighted by atomic mass is 32.2. The number of benzene rings is 1. The summed E-state index contributed by atoms with van der Waals surface area (Å²) in [5.74, 6) is -8.50. The highest BCUT2D eigenvalue weighted by Gasteiger charge is 2.67. The number of aliphatic carboxylic acids is 3. The van der Waals surface area contributed by atoms with Gasteiger partial charge in [-0.25, -0.2) is 9.59 Å². The number of amides is 2. The molecule has 3 rings (SSSR count). The molecule has 0 aliphatic carbocycles. The van der Waals surface area contributed by atoms with Crippen LogP contribution in [-0.4, -0.2) is 73.9 Å². The van der Waals surface area contributed by atoms with Gasteiger partial charge in [0.1, 0.15) is 11.1 Å². The van der Waals surface area contributed by atoms with E-state index in [1.807, 2.05) is 0 Å². The molecule has 2 aliphatic heterocycles. The molecule has 1 aromatic rings. The van der Waals surface area contributed by atoms with Crippen LogP contribution in [0.4, 0.5) is 0 Å². The molecule has 1 fully saturated rings. The second-order valence-corrected chi connectivity index (χ2v) is 7.46. The number of methoxy groups -OCH3 is 1. The maximum Gasteiger partial charge on any atom is 0.353 e. The summed E-state index contributed by atoms with van der Waals surface area (Å²) in [6.07, 6.45) is 0. The van der Waals surface area contributed by atoms with Gasteiger partial charge in [-0.05, 0) is 5.56 Å². The van der Waals surface area contributed by atoms with Crippen molar-refractivity contribution < 1.29 is 44.0 Å². The Labute approximate surface area is 173 Å². The van der Waals surface area contributed by atoms with Crippen molar-refractivity contribution in [3.05, 3.63) is 47.2 Å². The van der Waals surface area contributed by atoms with Crippen molar-refractivity contribution in [1.82, 2.24) is 10.2 Å². The maximum absolute atomic E-state index is 12.8. The number of carboxylic acids is 3. The van der Waals surface area contributed by atoms with Crippen LogP contribution in [0.5, 0.6) is 0 Å². The van der Waals surface area contributed by atoms with E-state index in [4.69, 9.17) is 4.74 Å². The second kappa shape index (κ2) is 7.80. The predicted molar refractivity (Wildman–Crippen MR) is 100 cm³/mol. The van der Waals surface area contributed by atoms with Crippen LogP contribution in [0, 0.1) is 0 Å². The van der Waals surface area contributed by atoms with Gasteiger partial charge in [0.2, 0.25) is 5.91 Å². The van der Waals surface area contributed by atoms with Crippen molar-refractivity contribution in [2.45, 2.75) is 17.0 Å². The minimum atomic E-state index is -2.03. The molecule has 0 saturated carbocycles. The van der Waals surface area contributed by atoms with Gasteiger partial charge in [-0.15, -0.1) is 11.8 Å². The van der Waals surface area contributed by atoms with Gasteiger partial charge in [0.15, 0.2) is 5.92 Å². The minimum absolute atomic E-state index is 0.174. The van der Waals surface area contributed by atoms with Crippen LogP contribution >= 0.6 is 11.8 Å². The average molecular weight is 436 g/mol. The first-order valence-electron chi connectivity index (χ1n) is 8.45. The molecule has 12 heteroatoms. The minimum Gasteiger partial charge on any atom is -0.480 e. The summed E-state index contributed by atoms with van der Waals surface area (Å²) >= 11 is 0.880. The number of rotatable bonds is 7. The van der Waals surface area contributed by atoms with Gasteiger partial charge in [0, 0.05) is 12.9 Å². The molecule has 0 aromatic heterocycles. The summed E-state index contributed by atoms with van der Waals surface area (Å²) < 4.78 is 5.22. The van der Waals surface area contributed by atoms with Gasteiger partial charge in [-0.2, -0.15) is 0 Å². The Morgan fingerprint density at radius 3 is 2.30 bits per heavy atom. The first-order valence-corrected chi connectivity index (χ1v) is 9.50. The lowest BCUT2D eigenvalue weighted by molar-refractivity contribution is -0.193. The number of fused-ring (bicyclic) bond motifs is 1. The van der Waals surface area contributed by atoms with Crippen molar-refractivity contribution in [3.63, 3.8) is 0 Å². The molecule has 0 spiro atoms. The standard InChI is InChI=1S/C18H16N2O9S/c1-29-18(19-12(21)10(14(24)25)8-5-3-2-4-6-8)16(28)20-11(15(26)27)9(13(22)23)7-30-17(18)20/h2-6,10,17H,7H2,1H3,(H,19,21)(H,22,23)(H,24,25)(H,26,27)/t10?,17-,18?/m1/s1. The molecule has 2 amide bonds. The average Bonchev–Trinajstić information content (AvgIpc) is 2.70. The van der Waals surface area contributed by atoms with Crippen LogP contribution < -0.4 is 5.32 Å². The lowest BCUT2D eigenvalue weighted by Gasteiger charge is -2.55. The third-order valence-electron chi connectivity index (χ3n) is 4.76. The van der Waals surface area contributed by atoms with Crippen LogP contribution in [-0.2, 0) is 28.7 Å². The smallest absolute Gasteiger partial charge is 0.353 e.